The van der Waals surface area contributed by atoms with E-state index in [2.05, 4.69) is 10.4 Å². The summed E-state index contributed by atoms with van der Waals surface area (Å²) in [7, 11) is 4.74. The lowest BCUT2D eigenvalue weighted by Gasteiger charge is -2.33. The fourth-order valence-corrected chi connectivity index (χ4v) is 3.22. The summed E-state index contributed by atoms with van der Waals surface area (Å²) in [5.41, 5.74) is 1.25. The van der Waals surface area contributed by atoms with Gasteiger partial charge in [-0.15, -0.1) is 0 Å². The van der Waals surface area contributed by atoms with Crippen molar-refractivity contribution >= 4 is 17.3 Å². The fraction of sp³-hybridized carbons (Fsp3) is 0.421. The zero-order chi connectivity index (χ0) is 19.4. The summed E-state index contributed by atoms with van der Waals surface area (Å²) < 4.78 is 11.8. The molecule has 1 N–H and O–H groups in total. The molecule has 2 heterocycles. The average molecular weight is 372 g/mol. The van der Waals surface area contributed by atoms with E-state index in [0.29, 0.717) is 23.7 Å². The molecule has 8 nitrogen and oxygen atoms in total. The van der Waals surface area contributed by atoms with Crippen LogP contribution in [0.25, 0.3) is 0 Å². The molecule has 8 heteroatoms. The Labute approximate surface area is 157 Å². The molecule has 1 aliphatic rings. The number of benzene rings is 1. The molecule has 0 saturated carbocycles. The highest BCUT2D eigenvalue weighted by atomic mass is 16.5. The minimum Gasteiger partial charge on any atom is -0.493 e. The SMILES string of the molecule is COc1ccc(NC(=O)C2CCCN(c3cnn(C)c(=O)c3)C2)cc1OC. The molecule has 1 aromatic carbocycles. The number of aromatic nitrogens is 2. The van der Waals surface area contributed by atoms with Gasteiger partial charge in [-0.2, -0.15) is 5.10 Å². The van der Waals surface area contributed by atoms with Gasteiger partial charge in [-0.05, 0) is 25.0 Å². The second-order valence-electron chi connectivity index (χ2n) is 6.52. The number of methoxy groups -OCH3 is 2. The van der Waals surface area contributed by atoms with Gasteiger partial charge in [0.1, 0.15) is 0 Å². The number of carbonyl (C=O) groups is 1. The van der Waals surface area contributed by atoms with Crippen molar-refractivity contribution in [2.24, 2.45) is 13.0 Å². The molecule has 0 spiro atoms. The van der Waals surface area contributed by atoms with E-state index in [0.717, 1.165) is 25.1 Å². The Hall–Kier alpha value is -3.03. The number of carbonyl (C=O) groups excluding carboxylic acids is 1. The maximum atomic E-state index is 12.7. The molecule has 1 saturated heterocycles. The Morgan fingerprint density at radius 2 is 2.00 bits per heavy atom. The van der Waals surface area contributed by atoms with Crippen LogP contribution >= 0.6 is 0 Å². The van der Waals surface area contributed by atoms with Crippen LogP contribution < -0.4 is 25.2 Å². The summed E-state index contributed by atoms with van der Waals surface area (Å²) in [6.07, 6.45) is 3.34. The third-order valence-electron chi connectivity index (χ3n) is 4.76. The zero-order valence-electron chi connectivity index (χ0n) is 15.8. The van der Waals surface area contributed by atoms with Gasteiger partial charge in [-0.1, -0.05) is 0 Å². The van der Waals surface area contributed by atoms with E-state index in [-0.39, 0.29) is 17.4 Å². The Balaban J connectivity index is 1.69. The van der Waals surface area contributed by atoms with E-state index in [1.54, 1.807) is 51.7 Å². The minimum atomic E-state index is -0.170. The van der Waals surface area contributed by atoms with Gasteiger partial charge in [-0.25, -0.2) is 4.68 Å². The number of nitrogens with one attached hydrogen (secondary N) is 1. The number of anilines is 2. The van der Waals surface area contributed by atoms with Crippen LogP contribution in [0.2, 0.25) is 0 Å². The molecule has 1 unspecified atom stereocenters. The first-order valence-corrected chi connectivity index (χ1v) is 8.83. The number of piperidine rings is 1. The van der Waals surface area contributed by atoms with Gasteiger partial charge in [0.15, 0.2) is 11.5 Å². The highest BCUT2D eigenvalue weighted by Crippen LogP contribution is 2.30. The van der Waals surface area contributed by atoms with Crippen LogP contribution in [-0.2, 0) is 11.8 Å². The normalized spacial score (nSPS) is 16.7. The third-order valence-corrected chi connectivity index (χ3v) is 4.76. The predicted octanol–water partition coefficient (Wildman–Crippen LogP) is 1.65. The highest BCUT2D eigenvalue weighted by molar-refractivity contribution is 5.93. The van der Waals surface area contributed by atoms with Gasteiger partial charge in [0.25, 0.3) is 5.56 Å². The molecule has 1 atom stereocenters. The standard InChI is InChI=1S/C19H24N4O4/c1-22-18(24)10-15(11-20-22)23-8-4-5-13(12-23)19(25)21-14-6-7-16(26-2)17(9-14)27-3/h6-7,9-11,13H,4-5,8,12H2,1-3H3,(H,21,25). The smallest absolute Gasteiger partial charge is 0.268 e. The quantitative estimate of drug-likeness (QED) is 0.859. The van der Waals surface area contributed by atoms with Crippen LogP contribution in [0.15, 0.2) is 35.3 Å². The molecular weight excluding hydrogens is 348 g/mol. The van der Waals surface area contributed by atoms with Gasteiger partial charge < -0.3 is 19.7 Å². The lowest BCUT2D eigenvalue weighted by atomic mass is 9.96. The van der Waals surface area contributed by atoms with Crippen molar-refractivity contribution in [2.75, 3.05) is 37.5 Å². The van der Waals surface area contributed by atoms with E-state index in [4.69, 9.17) is 9.47 Å². The van der Waals surface area contributed by atoms with E-state index in [9.17, 15) is 9.59 Å². The first-order valence-electron chi connectivity index (χ1n) is 8.83. The van der Waals surface area contributed by atoms with Gasteiger partial charge in [0.05, 0.1) is 32.0 Å². The van der Waals surface area contributed by atoms with Crippen molar-refractivity contribution in [1.82, 2.24) is 9.78 Å². The Kier molecular flexibility index (Phi) is 5.63. The summed E-state index contributed by atoms with van der Waals surface area (Å²) in [4.78, 5) is 26.6. The first kappa shape index (κ1) is 18.8. The van der Waals surface area contributed by atoms with Crippen LogP contribution in [0.4, 0.5) is 11.4 Å². The fourth-order valence-electron chi connectivity index (χ4n) is 3.22. The summed E-state index contributed by atoms with van der Waals surface area (Å²) in [5, 5.41) is 7.01. The lowest BCUT2D eigenvalue weighted by Crippen LogP contribution is -2.41. The first-order chi connectivity index (χ1) is 13.0. The molecular formula is C19H24N4O4. The summed E-state index contributed by atoms with van der Waals surface area (Å²) in [5.74, 6) is 0.948. The topological polar surface area (TPSA) is 85.7 Å². The van der Waals surface area contributed by atoms with E-state index >= 15 is 0 Å². The van der Waals surface area contributed by atoms with Gasteiger partial charge in [-0.3, -0.25) is 9.59 Å². The molecule has 2 aromatic rings. The number of ether oxygens (including phenoxy) is 2. The second kappa shape index (κ2) is 8.11. The number of amides is 1. The Morgan fingerprint density at radius 1 is 1.22 bits per heavy atom. The van der Waals surface area contributed by atoms with Crippen LogP contribution in [0.1, 0.15) is 12.8 Å². The number of hydrogen-bond donors (Lipinski definition) is 1. The zero-order valence-corrected chi connectivity index (χ0v) is 15.8. The molecule has 1 amide bonds. The molecule has 1 fully saturated rings. The van der Waals surface area contributed by atoms with Crippen molar-refractivity contribution < 1.29 is 14.3 Å². The average Bonchev–Trinajstić information content (AvgIpc) is 2.70. The Morgan fingerprint density at radius 3 is 2.70 bits per heavy atom. The van der Waals surface area contributed by atoms with Crippen molar-refractivity contribution in [3.05, 3.63) is 40.8 Å². The molecule has 144 valence electrons. The highest BCUT2D eigenvalue weighted by Gasteiger charge is 2.26. The Bertz CT molecular complexity index is 880. The molecule has 1 aromatic heterocycles. The van der Waals surface area contributed by atoms with Crippen LogP contribution in [-0.4, -0.2) is 43.0 Å². The number of nitrogens with zero attached hydrogens (tertiary/aromatic N) is 3. The molecule has 0 bridgehead atoms. The molecule has 1 aliphatic heterocycles. The predicted molar refractivity (Wildman–Crippen MR) is 103 cm³/mol. The second-order valence-corrected chi connectivity index (χ2v) is 6.52. The molecule has 0 radical (unpaired) electrons. The molecule has 27 heavy (non-hydrogen) atoms. The maximum Gasteiger partial charge on any atom is 0.268 e. The van der Waals surface area contributed by atoms with E-state index in [1.807, 2.05) is 4.90 Å². The van der Waals surface area contributed by atoms with Gasteiger partial charge in [0.2, 0.25) is 5.91 Å². The van der Waals surface area contributed by atoms with Crippen molar-refractivity contribution in [2.45, 2.75) is 12.8 Å². The van der Waals surface area contributed by atoms with E-state index in [1.165, 1.54) is 4.68 Å². The van der Waals surface area contributed by atoms with Crippen LogP contribution in [0.5, 0.6) is 11.5 Å². The van der Waals surface area contributed by atoms with Crippen molar-refractivity contribution in [1.29, 1.82) is 0 Å². The molecule has 3 rings (SSSR count). The van der Waals surface area contributed by atoms with Crippen molar-refractivity contribution in [3.63, 3.8) is 0 Å². The third kappa shape index (κ3) is 4.21. The maximum absolute atomic E-state index is 12.7. The van der Waals surface area contributed by atoms with Crippen molar-refractivity contribution in [3.8, 4) is 11.5 Å². The monoisotopic (exact) mass is 372 g/mol. The number of rotatable bonds is 5. The lowest BCUT2D eigenvalue weighted by molar-refractivity contribution is -0.120. The number of aryl methyl sites for hydroxylation is 1. The van der Waals surface area contributed by atoms with Crippen LogP contribution in [0.3, 0.4) is 0 Å². The van der Waals surface area contributed by atoms with E-state index < -0.39 is 0 Å². The largest absolute Gasteiger partial charge is 0.493 e. The van der Waals surface area contributed by atoms with Gasteiger partial charge >= 0.3 is 0 Å². The molecule has 0 aliphatic carbocycles. The number of hydrogen-bond acceptors (Lipinski definition) is 6. The van der Waals surface area contributed by atoms with Crippen LogP contribution in [0, 0.1) is 5.92 Å². The minimum absolute atomic E-state index is 0.0521. The van der Waals surface area contributed by atoms with Gasteiger partial charge in [0, 0.05) is 38.0 Å². The summed E-state index contributed by atoms with van der Waals surface area (Å²) in [6.45, 7) is 1.35. The summed E-state index contributed by atoms with van der Waals surface area (Å²) in [6, 6.07) is 6.83. The summed E-state index contributed by atoms with van der Waals surface area (Å²) >= 11 is 0.